The van der Waals surface area contributed by atoms with Crippen LogP contribution in [0.2, 0.25) is 0 Å². The second-order valence-corrected chi connectivity index (χ2v) is 2.14. The summed E-state index contributed by atoms with van der Waals surface area (Å²) in [5, 5.41) is 10.6. The van der Waals surface area contributed by atoms with E-state index >= 15 is 0 Å². The van der Waals surface area contributed by atoms with Crippen LogP contribution in [0.15, 0.2) is 15.2 Å². The molecule has 0 aliphatic rings. The molecule has 0 aromatic carbocycles. The molecule has 2 nitrogen and oxygen atoms in total. The third-order valence-corrected chi connectivity index (χ3v) is 1.15. The fourth-order valence-corrected chi connectivity index (χ4v) is 0.233. The minimum atomic E-state index is 0.114. The number of hydrogen-bond donors (Lipinski definition) is 1. The highest BCUT2D eigenvalue weighted by Gasteiger charge is 1.88. The lowest BCUT2D eigenvalue weighted by molar-refractivity contribution is 0.321. The molecule has 8 heavy (non-hydrogen) atoms. The number of allylic oxidation sites excluding steroid dienone is 1. The van der Waals surface area contributed by atoms with Crippen molar-refractivity contribution in [1.82, 2.24) is 0 Å². The van der Waals surface area contributed by atoms with Crippen molar-refractivity contribution in [1.29, 1.82) is 0 Å². The molecule has 0 unspecified atom stereocenters. The number of oxime groups is 1. The van der Waals surface area contributed by atoms with E-state index < -0.39 is 0 Å². The molecule has 0 spiro atoms. The summed E-state index contributed by atoms with van der Waals surface area (Å²) in [6.07, 6.45) is 1.16. The molecule has 0 radical (unpaired) electrons. The topological polar surface area (TPSA) is 32.6 Å². The van der Waals surface area contributed by atoms with Gasteiger partial charge < -0.3 is 5.21 Å². The van der Waals surface area contributed by atoms with Gasteiger partial charge >= 0.3 is 0 Å². The zero-order valence-corrected chi connectivity index (χ0v) is 5.74. The minimum Gasteiger partial charge on any atom is -0.411 e. The van der Waals surface area contributed by atoms with Gasteiger partial charge in [0.2, 0.25) is 0 Å². The van der Waals surface area contributed by atoms with Crippen LogP contribution in [0.4, 0.5) is 0 Å². The van der Waals surface area contributed by atoms with Crippen molar-refractivity contribution < 1.29 is 5.21 Å². The van der Waals surface area contributed by atoms with Crippen LogP contribution in [0.5, 0.6) is 0 Å². The standard InChI is InChI=1S/C4H5Cl2NO/c1-3(2-7-8)4(5)6/h2,8H,1H3. The lowest BCUT2D eigenvalue weighted by Crippen LogP contribution is -1.75. The van der Waals surface area contributed by atoms with Crippen LogP contribution in [0.25, 0.3) is 0 Å². The fourth-order valence-electron chi connectivity index (χ4n) is 0.135. The van der Waals surface area contributed by atoms with Gasteiger partial charge in [0.1, 0.15) is 4.49 Å². The van der Waals surface area contributed by atoms with Crippen LogP contribution in [0.1, 0.15) is 6.92 Å². The Labute approximate surface area is 57.4 Å². The van der Waals surface area contributed by atoms with Crippen molar-refractivity contribution in [3.05, 3.63) is 10.1 Å². The Morgan fingerprint density at radius 2 is 2.12 bits per heavy atom. The van der Waals surface area contributed by atoms with Gasteiger partial charge in [0.15, 0.2) is 0 Å². The molecule has 46 valence electrons. The third kappa shape index (κ3) is 2.88. The Kier molecular flexibility index (Phi) is 3.65. The maximum absolute atomic E-state index is 7.90. The first-order valence-corrected chi connectivity index (χ1v) is 2.63. The van der Waals surface area contributed by atoms with Crippen molar-refractivity contribution in [2.45, 2.75) is 6.92 Å². The smallest absolute Gasteiger partial charge is 0.111 e. The average Bonchev–Trinajstić information content (AvgIpc) is 1.67. The fraction of sp³-hybridized carbons (Fsp3) is 0.250. The van der Waals surface area contributed by atoms with Crippen LogP contribution in [0, 0.1) is 0 Å². The first kappa shape index (κ1) is 7.79. The minimum absolute atomic E-state index is 0.114. The summed E-state index contributed by atoms with van der Waals surface area (Å²) >= 11 is 10.5. The van der Waals surface area contributed by atoms with Gasteiger partial charge in [0, 0.05) is 5.57 Å². The molecule has 0 saturated heterocycles. The zero-order valence-electron chi connectivity index (χ0n) is 4.23. The van der Waals surface area contributed by atoms with E-state index in [2.05, 4.69) is 5.16 Å². The van der Waals surface area contributed by atoms with Crippen molar-refractivity contribution in [3.8, 4) is 0 Å². The highest BCUT2D eigenvalue weighted by molar-refractivity contribution is 6.57. The predicted molar refractivity (Wildman–Crippen MR) is 34.7 cm³/mol. The second kappa shape index (κ2) is 3.75. The summed E-state index contributed by atoms with van der Waals surface area (Å²) in [7, 11) is 0. The maximum atomic E-state index is 7.90. The maximum Gasteiger partial charge on any atom is 0.111 e. The van der Waals surface area contributed by atoms with Gasteiger partial charge in [-0.15, -0.1) is 0 Å². The third-order valence-electron chi connectivity index (χ3n) is 0.549. The SMILES string of the molecule is CC(C=NO)=C(Cl)Cl. The Balaban J connectivity index is 4.00. The molecule has 0 amide bonds. The molecule has 0 heterocycles. The van der Waals surface area contributed by atoms with E-state index in [-0.39, 0.29) is 4.49 Å². The first-order chi connectivity index (χ1) is 3.68. The molecular weight excluding hydrogens is 149 g/mol. The molecule has 0 aromatic heterocycles. The number of rotatable bonds is 1. The van der Waals surface area contributed by atoms with Crippen molar-refractivity contribution in [2.24, 2.45) is 5.16 Å². The predicted octanol–water partition coefficient (Wildman–Crippen LogP) is 2.16. The van der Waals surface area contributed by atoms with Crippen LogP contribution >= 0.6 is 23.2 Å². The summed E-state index contributed by atoms with van der Waals surface area (Å²) in [6.45, 7) is 1.63. The summed E-state index contributed by atoms with van der Waals surface area (Å²) in [4.78, 5) is 0. The Morgan fingerprint density at radius 3 is 2.25 bits per heavy atom. The molecule has 4 heteroatoms. The summed E-state index contributed by atoms with van der Waals surface area (Å²) < 4.78 is 0.114. The van der Waals surface area contributed by atoms with Crippen molar-refractivity contribution >= 4 is 29.4 Å². The number of nitrogens with zero attached hydrogens (tertiary/aromatic N) is 1. The first-order valence-electron chi connectivity index (χ1n) is 1.87. The Bertz CT molecular complexity index is 126. The highest BCUT2D eigenvalue weighted by atomic mass is 35.5. The number of halogens is 2. The van der Waals surface area contributed by atoms with E-state index in [0.717, 1.165) is 6.21 Å². The van der Waals surface area contributed by atoms with Gasteiger partial charge in [0.05, 0.1) is 6.21 Å². The van der Waals surface area contributed by atoms with E-state index in [1.165, 1.54) is 0 Å². The second-order valence-electron chi connectivity index (χ2n) is 1.19. The van der Waals surface area contributed by atoms with E-state index in [1.807, 2.05) is 0 Å². The van der Waals surface area contributed by atoms with Gasteiger partial charge in [-0.2, -0.15) is 0 Å². The summed E-state index contributed by atoms with van der Waals surface area (Å²) in [5.74, 6) is 0. The molecule has 1 N–H and O–H groups in total. The summed E-state index contributed by atoms with van der Waals surface area (Å²) in [5.41, 5.74) is 0.538. The van der Waals surface area contributed by atoms with Crippen LogP contribution in [-0.2, 0) is 0 Å². The monoisotopic (exact) mass is 153 g/mol. The van der Waals surface area contributed by atoms with Crippen molar-refractivity contribution in [2.75, 3.05) is 0 Å². The quantitative estimate of drug-likeness (QED) is 0.350. The Hall–Kier alpha value is -0.210. The molecule has 0 atom stereocenters. The van der Waals surface area contributed by atoms with Crippen LogP contribution < -0.4 is 0 Å². The van der Waals surface area contributed by atoms with E-state index in [4.69, 9.17) is 28.4 Å². The van der Waals surface area contributed by atoms with Gasteiger partial charge in [-0.1, -0.05) is 28.4 Å². The lowest BCUT2D eigenvalue weighted by atomic mass is 10.4. The zero-order chi connectivity index (χ0) is 6.57. The normalized spacial score (nSPS) is 9.88. The van der Waals surface area contributed by atoms with E-state index in [0.29, 0.717) is 5.57 Å². The lowest BCUT2D eigenvalue weighted by Gasteiger charge is -1.85. The molecule has 0 aliphatic heterocycles. The molecule has 0 aromatic rings. The number of hydrogen-bond acceptors (Lipinski definition) is 2. The van der Waals surface area contributed by atoms with Gasteiger partial charge in [-0.3, -0.25) is 0 Å². The van der Waals surface area contributed by atoms with Gasteiger partial charge in [0.25, 0.3) is 0 Å². The van der Waals surface area contributed by atoms with Crippen LogP contribution in [-0.4, -0.2) is 11.4 Å². The average molecular weight is 154 g/mol. The molecule has 0 bridgehead atoms. The van der Waals surface area contributed by atoms with Gasteiger partial charge in [-0.05, 0) is 6.92 Å². The molecule has 0 aliphatic carbocycles. The van der Waals surface area contributed by atoms with Gasteiger partial charge in [-0.25, -0.2) is 0 Å². The van der Waals surface area contributed by atoms with Crippen molar-refractivity contribution in [3.63, 3.8) is 0 Å². The Morgan fingerprint density at radius 1 is 1.62 bits per heavy atom. The van der Waals surface area contributed by atoms with E-state index in [1.54, 1.807) is 6.92 Å². The molecule has 0 saturated carbocycles. The summed E-state index contributed by atoms with van der Waals surface area (Å²) in [6, 6.07) is 0. The molecule has 0 fully saturated rings. The van der Waals surface area contributed by atoms with E-state index in [9.17, 15) is 0 Å². The van der Waals surface area contributed by atoms with Crippen LogP contribution in [0.3, 0.4) is 0 Å². The molecule has 0 rings (SSSR count). The molecular formula is C4H5Cl2NO. The largest absolute Gasteiger partial charge is 0.411 e. The highest BCUT2D eigenvalue weighted by Crippen LogP contribution is 2.10.